The molecule has 0 amide bonds. The highest BCUT2D eigenvalue weighted by molar-refractivity contribution is 6.03. The minimum Gasteiger partial charge on any atom is -0.493 e. The summed E-state index contributed by atoms with van der Waals surface area (Å²) >= 11 is 0. The first kappa shape index (κ1) is 12.9. The summed E-state index contributed by atoms with van der Waals surface area (Å²) < 4.78 is 10.5. The molecule has 0 aliphatic carbocycles. The second-order valence-corrected chi connectivity index (χ2v) is 4.41. The zero-order chi connectivity index (χ0) is 13.0. The first-order chi connectivity index (χ1) is 8.77. The average Bonchev–Trinajstić information content (AvgIpc) is 2.46. The van der Waals surface area contributed by atoms with E-state index in [1.54, 1.807) is 26.4 Å². The number of ketones is 1. The lowest BCUT2D eigenvalue weighted by atomic mass is 9.95. The number of carbonyl (C=O) groups excluding carboxylic acids is 1. The van der Waals surface area contributed by atoms with Crippen molar-refractivity contribution in [2.45, 2.75) is 25.3 Å². The van der Waals surface area contributed by atoms with Gasteiger partial charge in [0, 0.05) is 0 Å². The maximum atomic E-state index is 12.4. The summed E-state index contributed by atoms with van der Waals surface area (Å²) in [6, 6.07) is 5.31. The Kier molecular flexibility index (Phi) is 4.20. The van der Waals surface area contributed by atoms with Crippen LogP contribution in [0.25, 0.3) is 0 Å². The van der Waals surface area contributed by atoms with Gasteiger partial charge in [-0.1, -0.05) is 12.5 Å². The number of methoxy groups -OCH3 is 2. The van der Waals surface area contributed by atoms with Gasteiger partial charge in [-0.05, 0) is 31.5 Å². The van der Waals surface area contributed by atoms with E-state index in [2.05, 4.69) is 5.32 Å². The SMILES string of the molecule is COc1cccc(C(=O)C2CCCCN2)c1OC. The van der Waals surface area contributed by atoms with E-state index in [0.29, 0.717) is 17.1 Å². The van der Waals surface area contributed by atoms with Crippen LogP contribution >= 0.6 is 0 Å². The second kappa shape index (κ2) is 5.87. The Morgan fingerprint density at radius 1 is 1.28 bits per heavy atom. The number of hydrogen-bond acceptors (Lipinski definition) is 4. The summed E-state index contributed by atoms with van der Waals surface area (Å²) in [5, 5.41) is 3.26. The maximum Gasteiger partial charge on any atom is 0.183 e. The average molecular weight is 249 g/mol. The van der Waals surface area contributed by atoms with Crippen LogP contribution in [0.5, 0.6) is 11.5 Å². The fraction of sp³-hybridized carbons (Fsp3) is 0.500. The monoisotopic (exact) mass is 249 g/mol. The van der Waals surface area contributed by atoms with Gasteiger partial charge in [0.2, 0.25) is 0 Å². The van der Waals surface area contributed by atoms with Gasteiger partial charge in [-0.2, -0.15) is 0 Å². The van der Waals surface area contributed by atoms with E-state index in [1.807, 2.05) is 6.07 Å². The van der Waals surface area contributed by atoms with E-state index < -0.39 is 0 Å². The fourth-order valence-corrected chi connectivity index (χ4v) is 2.34. The Labute approximate surface area is 107 Å². The van der Waals surface area contributed by atoms with Crippen molar-refractivity contribution in [3.05, 3.63) is 23.8 Å². The highest BCUT2D eigenvalue weighted by atomic mass is 16.5. The summed E-state index contributed by atoms with van der Waals surface area (Å²) in [7, 11) is 3.13. The molecule has 1 heterocycles. The molecular weight excluding hydrogens is 230 g/mol. The molecule has 0 radical (unpaired) electrons. The fourth-order valence-electron chi connectivity index (χ4n) is 2.34. The third-order valence-electron chi connectivity index (χ3n) is 3.30. The van der Waals surface area contributed by atoms with Crippen molar-refractivity contribution in [2.75, 3.05) is 20.8 Å². The molecule has 98 valence electrons. The molecule has 0 aromatic heterocycles. The maximum absolute atomic E-state index is 12.4. The normalized spacial score (nSPS) is 19.3. The molecule has 0 saturated carbocycles. The van der Waals surface area contributed by atoms with Gasteiger partial charge in [0.25, 0.3) is 0 Å². The van der Waals surface area contributed by atoms with Crippen LogP contribution in [0.2, 0.25) is 0 Å². The standard InChI is InChI=1S/C14H19NO3/c1-17-12-8-5-6-10(14(12)18-2)13(16)11-7-3-4-9-15-11/h5-6,8,11,15H,3-4,7,9H2,1-2H3. The van der Waals surface area contributed by atoms with Crippen LogP contribution in [0.3, 0.4) is 0 Å². The first-order valence-corrected chi connectivity index (χ1v) is 6.26. The van der Waals surface area contributed by atoms with Crippen LogP contribution in [0.4, 0.5) is 0 Å². The highest BCUT2D eigenvalue weighted by Crippen LogP contribution is 2.32. The van der Waals surface area contributed by atoms with E-state index in [9.17, 15) is 4.79 Å². The van der Waals surface area contributed by atoms with Gasteiger partial charge in [-0.25, -0.2) is 0 Å². The molecule has 4 heteroatoms. The molecule has 0 bridgehead atoms. The Balaban J connectivity index is 2.28. The molecule has 18 heavy (non-hydrogen) atoms. The number of benzene rings is 1. The van der Waals surface area contributed by atoms with Crippen molar-refractivity contribution < 1.29 is 14.3 Å². The minimum atomic E-state index is -0.0974. The predicted octanol–water partition coefficient (Wildman–Crippen LogP) is 2.03. The Morgan fingerprint density at radius 3 is 2.72 bits per heavy atom. The zero-order valence-electron chi connectivity index (χ0n) is 10.9. The summed E-state index contributed by atoms with van der Waals surface area (Å²) in [6.45, 7) is 0.905. The summed E-state index contributed by atoms with van der Waals surface area (Å²) in [5.74, 6) is 1.21. The topological polar surface area (TPSA) is 47.6 Å². The lowest BCUT2D eigenvalue weighted by Gasteiger charge is -2.23. The summed E-state index contributed by atoms with van der Waals surface area (Å²) in [5.41, 5.74) is 0.594. The van der Waals surface area contributed by atoms with Crippen molar-refractivity contribution in [2.24, 2.45) is 0 Å². The van der Waals surface area contributed by atoms with E-state index >= 15 is 0 Å². The van der Waals surface area contributed by atoms with Crippen LogP contribution in [-0.2, 0) is 0 Å². The summed E-state index contributed by atoms with van der Waals surface area (Å²) in [4.78, 5) is 12.4. The molecule has 1 aliphatic rings. The number of rotatable bonds is 4. The number of Topliss-reactive ketones (excluding diaryl/α,β-unsaturated/α-hetero) is 1. The first-order valence-electron chi connectivity index (χ1n) is 6.26. The number of nitrogens with one attached hydrogen (secondary N) is 1. The van der Waals surface area contributed by atoms with Gasteiger partial charge >= 0.3 is 0 Å². The molecule has 4 nitrogen and oxygen atoms in total. The van der Waals surface area contributed by atoms with Gasteiger partial charge in [0.05, 0.1) is 25.8 Å². The third kappa shape index (κ3) is 2.48. The molecule has 1 unspecified atom stereocenters. The molecule has 1 fully saturated rings. The van der Waals surface area contributed by atoms with Crippen molar-refractivity contribution in [1.29, 1.82) is 0 Å². The van der Waals surface area contributed by atoms with Crippen LogP contribution < -0.4 is 14.8 Å². The molecule has 1 atom stereocenters. The van der Waals surface area contributed by atoms with Crippen molar-refractivity contribution in [1.82, 2.24) is 5.32 Å². The lowest BCUT2D eigenvalue weighted by molar-refractivity contribution is 0.0923. The van der Waals surface area contributed by atoms with Crippen LogP contribution in [0.15, 0.2) is 18.2 Å². The minimum absolute atomic E-state index is 0.0884. The van der Waals surface area contributed by atoms with Crippen LogP contribution in [-0.4, -0.2) is 32.6 Å². The number of carbonyl (C=O) groups is 1. The summed E-state index contributed by atoms with van der Waals surface area (Å²) in [6.07, 6.45) is 3.12. The molecule has 0 spiro atoms. The number of para-hydroxylation sites is 1. The smallest absolute Gasteiger partial charge is 0.183 e. The molecule has 1 aromatic rings. The van der Waals surface area contributed by atoms with E-state index in [0.717, 1.165) is 25.8 Å². The number of hydrogen-bond donors (Lipinski definition) is 1. The predicted molar refractivity (Wildman–Crippen MR) is 69.5 cm³/mol. The van der Waals surface area contributed by atoms with Gasteiger partial charge in [0.1, 0.15) is 0 Å². The Bertz CT molecular complexity index is 425. The molecule has 1 aliphatic heterocycles. The molecular formula is C14H19NO3. The largest absolute Gasteiger partial charge is 0.493 e. The second-order valence-electron chi connectivity index (χ2n) is 4.41. The van der Waals surface area contributed by atoms with Gasteiger partial charge in [-0.3, -0.25) is 4.79 Å². The van der Waals surface area contributed by atoms with E-state index in [-0.39, 0.29) is 11.8 Å². The van der Waals surface area contributed by atoms with E-state index in [1.165, 1.54) is 0 Å². The molecule has 1 N–H and O–H groups in total. The molecule has 1 saturated heterocycles. The molecule has 2 rings (SSSR count). The van der Waals surface area contributed by atoms with Crippen molar-refractivity contribution >= 4 is 5.78 Å². The van der Waals surface area contributed by atoms with Crippen molar-refractivity contribution in [3.63, 3.8) is 0 Å². The number of piperidine rings is 1. The van der Waals surface area contributed by atoms with Gasteiger partial charge in [0.15, 0.2) is 17.3 Å². The quantitative estimate of drug-likeness (QED) is 0.829. The number of ether oxygens (including phenoxy) is 2. The van der Waals surface area contributed by atoms with Crippen LogP contribution in [0, 0.1) is 0 Å². The third-order valence-corrected chi connectivity index (χ3v) is 3.30. The lowest BCUT2D eigenvalue weighted by Crippen LogP contribution is -2.40. The Hall–Kier alpha value is -1.55. The molecule has 1 aromatic carbocycles. The Morgan fingerprint density at radius 2 is 2.11 bits per heavy atom. The van der Waals surface area contributed by atoms with Crippen molar-refractivity contribution in [3.8, 4) is 11.5 Å². The van der Waals surface area contributed by atoms with Gasteiger partial charge in [-0.15, -0.1) is 0 Å². The van der Waals surface area contributed by atoms with E-state index in [4.69, 9.17) is 9.47 Å². The van der Waals surface area contributed by atoms with Gasteiger partial charge < -0.3 is 14.8 Å². The zero-order valence-corrected chi connectivity index (χ0v) is 10.9. The van der Waals surface area contributed by atoms with Crippen LogP contribution in [0.1, 0.15) is 29.6 Å². The highest BCUT2D eigenvalue weighted by Gasteiger charge is 2.25.